The van der Waals surface area contributed by atoms with Crippen molar-refractivity contribution in [2.75, 3.05) is 20.3 Å². The maximum atomic E-state index is 13.8. The molecule has 1 aliphatic heterocycles. The smallest absolute Gasteiger partial charge is 0.231 e. The zero-order valence-electron chi connectivity index (χ0n) is 18.3. The summed E-state index contributed by atoms with van der Waals surface area (Å²) in [5.41, 5.74) is 2.36. The van der Waals surface area contributed by atoms with Crippen molar-refractivity contribution in [1.82, 2.24) is 9.88 Å². The monoisotopic (exact) mass is 424 g/mol. The number of nitrogens with one attached hydrogen (secondary N) is 1. The van der Waals surface area contributed by atoms with Crippen molar-refractivity contribution in [3.8, 4) is 5.75 Å². The van der Waals surface area contributed by atoms with E-state index < -0.39 is 5.41 Å². The molecular weight excluding hydrogens is 395 g/mol. The summed E-state index contributed by atoms with van der Waals surface area (Å²) in [6.07, 6.45) is 3.91. The normalized spacial score (nSPS) is 16.8. The van der Waals surface area contributed by atoms with Crippen molar-refractivity contribution in [2.24, 2.45) is 7.05 Å². The SMILES string of the molecule is COc1ccc(C2(C(=O)N[C@@H](C)Cc3cn(C)c4ccc(F)cc34)CCOCC2)cc1. The predicted molar refractivity (Wildman–Crippen MR) is 119 cm³/mol. The largest absolute Gasteiger partial charge is 0.497 e. The van der Waals surface area contributed by atoms with Gasteiger partial charge in [-0.3, -0.25) is 4.79 Å². The van der Waals surface area contributed by atoms with Gasteiger partial charge in [-0.15, -0.1) is 0 Å². The second-order valence-corrected chi connectivity index (χ2v) is 8.43. The van der Waals surface area contributed by atoms with Gasteiger partial charge < -0.3 is 19.4 Å². The van der Waals surface area contributed by atoms with E-state index in [0.717, 1.165) is 27.8 Å². The number of hydrogen-bond acceptors (Lipinski definition) is 3. The topological polar surface area (TPSA) is 52.5 Å². The van der Waals surface area contributed by atoms with Gasteiger partial charge in [0.2, 0.25) is 5.91 Å². The van der Waals surface area contributed by atoms with E-state index >= 15 is 0 Å². The molecule has 31 heavy (non-hydrogen) atoms. The molecule has 1 aromatic heterocycles. The summed E-state index contributed by atoms with van der Waals surface area (Å²) in [7, 11) is 3.58. The fourth-order valence-corrected chi connectivity index (χ4v) is 4.63. The third-order valence-corrected chi connectivity index (χ3v) is 6.36. The first-order chi connectivity index (χ1) is 14.9. The molecule has 1 N–H and O–H groups in total. The van der Waals surface area contributed by atoms with Crippen LogP contribution in [0.1, 0.15) is 30.9 Å². The van der Waals surface area contributed by atoms with Crippen LogP contribution in [-0.2, 0) is 28.4 Å². The number of halogens is 1. The third-order valence-electron chi connectivity index (χ3n) is 6.36. The van der Waals surface area contributed by atoms with E-state index in [2.05, 4.69) is 5.32 Å². The van der Waals surface area contributed by atoms with Crippen LogP contribution in [0.15, 0.2) is 48.7 Å². The Morgan fingerprint density at radius 2 is 1.94 bits per heavy atom. The highest BCUT2D eigenvalue weighted by atomic mass is 19.1. The molecule has 0 saturated carbocycles. The second kappa shape index (κ2) is 8.71. The Kier molecular flexibility index (Phi) is 6.01. The predicted octanol–water partition coefficient (Wildman–Crippen LogP) is 4.12. The van der Waals surface area contributed by atoms with Crippen molar-refractivity contribution in [3.05, 3.63) is 65.6 Å². The van der Waals surface area contributed by atoms with Gasteiger partial charge in [-0.05, 0) is 67.6 Å². The van der Waals surface area contributed by atoms with E-state index in [0.29, 0.717) is 32.5 Å². The van der Waals surface area contributed by atoms with Crippen LogP contribution in [0.3, 0.4) is 0 Å². The van der Waals surface area contributed by atoms with Crippen LogP contribution in [0.5, 0.6) is 5.75 Å². The van der Waals surface area contributed by atoms with Crippen LogP contribution < -0.4 is 10.1 Å². The first-order valence-corrected chi connectivity index (χ1v) is 10.7. The minimum atomic E-state index is -0.621. The lowest BCUT2D eigenvalue weighted by molar-refractivity contribution is -0.131. The molecular formula is C25H29FN2O3. The summed E-state index contributed by atoms with van der Waals surface area (Å²) in [5, 5.41) is 4.11. The second-order valence-electron chi connectivity index (χ2n) is 8.43. The van der Waals surface area contributed by atoms with Gasteiger partial charge in [0.25, 0.3) is 0 Å². The van der Waals surface area contributed by atoms with Crippen LogP contribution in [0.2, 0.25) is 0 Å². The summed E-state index contributed by atoms with van der Waals surface area (Å²) in [6, 6.07) is 12.5. The highest BCUT2D eigenvalue weighted by Gasteiger charge is 2.42. The Morgan fingerprint density at radius 3 is 2.61 bits per heavy atom. The van der Waals surface area contributed by atoms with Gasteiger partial charge in [-0.2, -0.15) is 0 Å². The standard InChI is InChI=1S/C25H29FN2O3/c1-17(14-18-16-28(2)23-9-6-20(26)15-22(18)23)27-24(29)25(10-12-31-13-11-25)19-4-7-21(30-3)8-5-19/h4-9,15-17H,10-14H2,1-3H3,(H,27,29)/t17-/m0/s1. The fourth-order valence-electron chi connectivity index (χ4n) is 4.63. The Balaban J connectivity index is 1.55. The number of methoxy groups -OCH3 is 1. The number of ether oxygens (including phenoxy) is 2. The van der Waals surface area contributed by atoms with Crippen LogP contribution in [0.25, 0.3) is 10.9 Å². The molecule has 1 amide bonds. The van der Waals surface area contributed by atoms with Gasteiger partial charge in [0, 0.05) is 43.4 Å². The van der Waals surface area contributed by atoms with Crippen LogP contribution in [0, 0.1) is 5.82 Å². The average Bonchev–Trinajstić information content (AvgIpc) is 3.08. The van der Waals surface area contributed by atoms with Gasteiger partial charge in [-0.1, -0.05) is 12.1 Å². The summed E-state index contributed by atoms with van der Waals surface area (Å²) in [5.74, 6) is 0.528. The molecule has 1 saturated heterocycles. The summed E-state index contributed by atoms with van der Waals surface area (Å²) < 4.78 is 26.6. The number of aromatic nitrogens is 1. The first kappa shape index (κ1) is 21.4. The van der Waals surface area contributed by atoms with Crippen LogP contribution in [-0.4, -0.2) is 36.8 Å². The molecule has 4 rings (SSSR count). The van der Waals surface area contributed by atoms with E-state index in [9.17, 15) is 9.18 Å². The van der Waals surface area contributed by atoms with Crippen LogP contribution >= 0.6 is 0 Å². The van der Waals surface area contributed by atoms with E-state index in [1.165, 1.54) is 6.07 Å². The lowest BCUT2D eigenvalue weighted by Gasteiger charge is -2.37. The van der Waals surface area contributed by atoms with E-state index in [-0.39, 0.29) is 17.8 Å². The molecule has 5 nitrogen and oxygen atoms in total. The maximum Gasteiger partial charge on any atom is 0.231 e. The molecule has 0 bridgehead atoms. The molecule has 0 radical (unpaired) electrons. The number of amides is 1. The summed E-state index contributed by atoms with van der Waals surface area (Å²) >= 11 is 0. The molecule has 2 aromatic carbocycles. The number of rotatable bonds is 6. The highest BCUT2D eigenvalue weighted by molar-refractivity contribution is 5.89. The number of carbonyl (C=O) groups is 1. The number of nitrogens with zero attached hydrogens (tertiary/aromatic N) is 1. The number of aryl methyl sites for hydroxylation is 1. The van der Waals surface area contributed by atoms with Gasteiger partial charge in [0.1, 0.15) is 11.6 Å². The molecule has 1 fully saturated rings. The Labute approximate surface area is 182 Å². The molecule has 1 atom stereocenters. The molecule has 2 heterocycles. The minimum absolute atomic E-state index is 0.0138. The fraction of sp³-hybridized carbons (Fsp3) is 0.400. The summed E-state index contributed by atoms with van der Waals surface area (Å²) in [4.78, 5) is 13.5. The van der Waals surface area contributed by atoms with Crippen molar-refractivity contribution >= 4 is 16.8 Å². The third kappa shape index (κ3) is 4.17. The number of hydrogen-bond donors (Lipinski definition) is 1. The molecule has 3 aromatic rings. The maximum absolute atomic E-state index is 13.8. The van der Waals surface area contributed by atoms with E-state index in [4.69, 9.17) is 9.47 Å². The van der Waals surface area contributed by atoms with Gasteiger partial charge in [0.05, 0.1) is 12.5 Å². The van der Waals surface area contributed by atoms with Crippen molar-refractivity contribution in [2.45, 2.75) is 37.6 Å². The molecule has 0 unspecified atom stereocenters. The number of fused-ring (bicyclic) bond motifs is 1. The number of benzene rings is 2. The quantitative estimate of drug-likeness (QED) is 0.648. The summed E-state index contributed by atoms with van der Waals surface area (Å²) in [6.45, 7) is 3.10. The van der Waals surface area contributed by atoms with Crippen molar-refractivity contribution in [1.29, 1.82) is 0 Å². The van der Waals surface area contributed by atoms with Crippen LogP contribution in [0.4, 0.5) is 4.39 Å². The van der Waals surface area contributed by atoms with E-state index in [1.807, 2.05) is 49.0 Å². The van der Waals surface area contributed by atoms with Gasteiger partial charge in [-0.25, -0.2) is 4.39 Å². The lowest BCUT2D eigenvalue weighted by Crippen LogP contribution is -2.50. The van der Waals surface area contributed by atoms with E-state index in [1.54, 1.807) is 19.2 Å². The number of carbonyl (C=O) groups excluding carboxylic acids is 1. The Bertz CT molecular complexity index is 1070. The Morgan fingerprint density at radius 1 is 1.23 bits per heavy atom. The minimum Gasteiger partial charge on any atom is -0.497 e. The molecule has 0 spiro atoms. The lowest BCUT2D eigenvalue weighted by atomic mass is 9.73. The average molecular weight is 425 g/mol. The van der Waals surface area contributed by atoms with Crippen molar-refractivity contribution < 1.29 is 18.7 Å². The first-order valence-electron chi connectivity index (χ1n) is 10.7. The molecule has 0 aliphatic carbocycles. The molecule has 164 valence electrons. The zero-order valence-corrected chi connectivity index (χ0v) is 18.3. The van der Waals surface area contributed by atoms with Gasteiger partial charge >= 0.3 is 0 Å². The Hall–Kier alpha value is -2.86. The van der Waals surface area contributed by atoms with Gasteiger partial charge in [0.15, 0.2) is 0 Å². The molecule has 6 heteroatoms. The molecule has 1 aliphatic rings. The zero-order chi connectivity index (χ0) is 22.0. The highest BCUT2D eigenvalue weighted by Crippen LogP contribution is 2.36. The van der Waals surface area contributed by atoms with Crippen molar-refractivity contribution in [3.63, 3.8) is 0 Å².